The van der Waals surface area contributed by atoms with Crippen LogP contribution in [0.2, 0.25) is 0 Å². The summed E-state index contributed by atoms with van der Waals surface area (Å²) in [6.45, 7) is 16.4. The Labute approximate surface area is 300 Å². The summed E-state index contributed by atoms with van der Waals surface area (Å²) in [5.41, 5.74) is 6.54. The monoisotopic (exact) mass is 680 g/mol. The largest absolute Gasteiger partial charge is 0.495 e. The number of hydrogen-bond acceptors (Lipinski definition) is 6. The molecule has 0 aromatic heterocycles. The Bertz CT molecular complexity index is 1650. The van der Waals surface area contributed by atoms with Crippen molar-refractivity contribution < 1.29 is 28.4 Å². The van der Waals surface area contributed by atoms with E-state index in [0.29, 0.717) is 22.2 Å². The van der Waals surface area contributed by atoms with Crippen LogP contribution >= 0.6 is 0 Å². The third-order valence-corrected chi connectivity index (χ3v) is 11.2. The van der Waals surface area contributed by atoms with Gasteiger partial charge in [0.15, 0.2) is 0 Å². The van der Waals surface area contributed by atoms with Crippen LogP contribution in [0.3, 0.4) is 0 Å². The summed E-state index contributed by atoms with van der Waals surface area (Å²) in [5, 5.41) is 0. The molecular formula is C43H57BO6. The average Bonchev–Trinajstić information content (AvgIpc) is 3.49. The van der Waals surface area contributed by atoms with Gasteiger partial charge in [-0.05, 0) is 111 Å². The van der Waals surface area contributed by atoms with E-state index in [4.69, 9.17) is 18.8 Å². The number of carbonyl (C=O) groups is 2. The lowest BCUT2D eigenvalue weighted by Crippen LogP contribution is -2.41. The number of rotatable bonds is 16. The quantitative estimate of drug-likeness (QED) is 0.0852. The Morgan fingerprint density at radius 1 is 0.620 bits per heavy atom. The Balaban J connectivity index is 1.71. The SMILES string of the molecule is CCCCCCC1(CCCCCC)c2ccccc2-c2ccc(-c3cc(C(=O)OCC)c(B4OC(C)(C)C(C)(C)O4)cc3C(=O)OCC)cc21. The summed E-state index contributed by atoms with van der Waals surface area (Å²) in [5.74, 6) is -0.937. The van der Waals surface area contributed by atoms with Crippen molar-refractivity contribution in [2.45, 2.75) is 136 Å². The van der Waals surface area contributed by atoms with E-state index in [1.54, 1.807) is 26.0 Å². The molecule has 3 aromatic carbocycles. The summed E-state index contributed by atoms with van der Waals surface area (Å²) >= 11 is 0. The first kappa shape index (κ1) is 37.8. The van der Waals surface area contributed by atoms with E-state index >= 15 is 0 Å². The van der Waals surface area contributed by atoms with E-state index in [2.05, 4.69) is 56.3 Å². The third kappa shape index (κ3) is 7.32. The minimum atomic E-state index is -0.866. The van der Waals surface area contributed by atoms with Crippen LogP contribution in [0.15, 0.2) is 54.6 Å². The summed E-state index contributed by atoms with van der Waals surface area (Å²) in [7, 11) is -0.866. The van der Waals surface area contributed by atoms with Crippen LogP contribution in [-0.2, 0) is 24.2 Å². The van der Waals surface area contributed by atoms with Gasteiger partial charge in [0.25, 0.3) is 0 Å². The zero-order chi connectivity index (χ0) is 36.1. The van der Waals surface area contributed by atoms with Crippen molar-refractivity contribution >= 4 is 24.5 Å². The van der Waals surface area contributed by atoms with Gasteiger partial charge < -0.3 is 18.8 Å². The molecule has 1 heterocycles. The topological polar surface area (TPSA) is 71.1 Å². The Hall–Kier alpha value is -3.42. The molecule has 1 saturated heterocycles. The molecule has 268 valence electrons. The minimum absolute atomic E-state index is 0.125. The number of ether oxygens (including phenoxy) is 2. The Morgan fingerprint density at radius 2 is 1.18 bits per heavy atom. The smallest absolute Gasteiger partial charge is 0.462 e. The van der Waals surface area contributed by atoms with Crippen LogP contribution in [0.5, 0.6) is 0 Å². The van der Waals surface area contributed by atoms with Crippen LogP contribution in [-0.4, -0.2) is 43.5 Å². The highest BCUT2D eigenvalue weighted by Gasteiger charge is 2.53. The Morgan fingerprint density at radius 3 is 1.76 bits per heavy atom. The van der Waals surface area contributed by atoms with Gasteiger partial charge in [0.05, 0.1) is 35.5 Å². The van der Waals surface area contributed by atoms with Crippen LogP contribution in [0.1, 0.15) is 151 Å². The molecule has 0 saturated carbocycles. The number of fused-ring (bicyclic) bond motifs is 3. The molecule has 1 aliphatic carbocycles. The Kier molecular flexibility index (Phi) is 12.0. The first-order valence-electron chi connectivity index (χ1n) is 19.1. The molecule has 0 unspecified atom stereocenters. The molecule has 0 radical (unpaired) electrons. The molecule has 6 nitrogen and oxygen atoms in total. The normalized spacial score (nSPS) is 16.6. The van der Waals surface area contributed by atoms with Gasteiger partial charge in [0.1, 0.15) is 0 Å². The third-order valence-electron chi connectivity index (χ3n) is 11.2. The van der Waals surface area contributed by atoms with E-state index < -0.39 is 30.3 Å². The molecule has 5 rings (SSSR count). The average molecular weight is 681 g/mol. The van der Waals surface area contributed by atoms with Crippen LogP contribution in [0, 0.1) is 0 Å². The number of carbonyl (C=O) groups excluding carboxylic acids is 2. The molecule has 0 amide bonds. The van der Waals surface area contributed by atoms with Gasteiger partial charge in [-0.2, -0.15) is 0 Å². The predicted octanol–water partition coefficient (Wildman–Crippen LogP) is 10.2. The molecule has 0 bridgehead atoms. The van der Waals surface area contributed by atoms with Gasteiger partial charge in [-0.3, -0.25) is 0 Å². The first-order chi connectivity index (χ1) is 23.9. The van der Waals surface area contributed by atoms with E-state index in [-0.39, 0.29) is 18.6 Å². The maximum Gasteiger partial charge on any atom is 0.495 e. The van der Waals surface area contributed by atoms with Gasteiger partial charge in [-0.15, -0.1) is 0 Å². The second-order valence-electron chi connectivity index (χ2n) is 15.0. The summed E-state index contributed by atoms with van der Waals surface area (Å²) in [6, 6.07) is 19.0. The fourth-order valence-electron chi connectivity index (χ4n) is 7.78. The lowest BCUT2D eigenvalue weighted by molar-refractivity contribution is 0.00578. The van der Waals surface area contributed by atoms with Crippen molar-refractivity contribution in [3.05, 3.63) is 76.9 Å². The van der Waals surface area contributed by atoms with Gasteiger partial charge in [0.2, 0.25) is 0 Å². The minimum Gasteiger partial charge on any atom is -0.462 e. The highest BCUT2D eigenvalue weighted by Crippen LogP contribution is 2.55. The first-order valence-corrected chi connectivity index (χ1v) is 19.1. The molecule has 0 N–H and O–H groups in total. The van der Waals surface area contributed by atoms with Crippen molar-refractivity contribution in [3.8, 4) is 22.3 Å². The lowest BCUT2D eigenvalue weighted by Gasteiger charge is -2.33. The van der Waals surface area contributed by atoms with E-state index in [1.807, 2.05) is 27.7 Å². The maximum atomic E-state index is 13.8. The standard InChI is InChI=1S/C43H57BO6/c1-9-13-15-19-25-43(26-20-16-14-10-2)36-22-18-17-21-31(36)32-24-23-30(27-37(32)43)33-28-35(40(46)48-12-4)38(29-34(33)39(45)47-11-3)44-49-41(5,6)42(7,8)50-44/h17-18,21-24,27-29H,9-16,19-20,25-26H2,1-8H3. The van der Waals surface area contributed by atoms with E-state index in [1.165, 1.54) is 60.8 Å². The molecule has 3 aromatic rings. The molecule has 2 aliphatic rings. The van der Waals surface area contributed by atoms with Gasteiger partial charge >= 0.3 is 19.1 Å². The molecule has 1 aliphatic heterocycles. The molecule has 7 heteroatoms. The second kappa shape index (κ2) is 15.9. The second-order valence-corrected chi connectivity index (χ2v) is 15.0. The number of hydrogen-bond donors (Lipinski definition) is 0. The molecular weight excluding hydrogens is 623 g/mol. The fourth-order valence-corrected chi connectivity index (χ4v) is 7.78. The van der Waals surface area contributed by atoms with Crippen molar-refractivity contribution in [3.63, 3.8) is 0 Å². The van der Waals surface area contributed by atoms with Crippen LogP contribution in [0.25, 0.3) is 22.3 Å². The van der Waals surface area contributed by atoms with E-state index in [9.17, 15) is 9.59 Å². The number of benzene rings is 3. The number of unbranched alkanes of at least 4 members (excludes halogenated alkanes) is 6. The lowest BCUT2D eigenvalue weighted by atomic mass is 9.70. The fraction of sp³-hybridized carbons (Fsp3) is 0.535. The number of esters is 2. The van der Waals surface area contributed by atoms with Crippen molar-refractivity contribution in [2.24, 2.45) is 0 Å². The van der Waals surface area contributed by atoms with Gasteiger partial charge in [-0.25, -0.2) is 9.59 Å². The van der Waals surface area contributed by atoms with Crippen molar-refractivity contribution in [1.82, 2.24) is 0 Å². The highest BCUT2D eigenvalue weighted by molar-refractivity contribution is 6.63. The molecule has 0 spiro atoms. The predicted molar refractivity (Wildman–Crippen MR) is 203 cm³/mol. The zero-order valence-corrected chi connectivity index (χ0v) is 31.7. The molecule has 1 fully saturated rings. The summed E-state index contributed by atoms with van der Waals surface area (Å²) < 4.78 is 24.0. The zero-order valence-electron chi connectivity index (χ0n) is 31.7. The maximum absolute atomic E-state index is 13.8. The van der Waals surface area contributed by atoms with Gasteiger partial charge in [0, 0.05) is 5.41 Å². The highest BCUT2D eigenvalue weighted by atomic mass is 16.7. The van der Waals surface area contributed by atoms with Gasteiger partial charge in [-0.1, -0.05) is 102 Å². The van der Waals surface area contributed by atoms with Crippen molar-refractivity contribution in [2.75, 3.05) is 13.2 Å². The summed E-state index contributed by atoms with van der Waals surface area (Å²) in [4.78, 5) is 27.5. The van der Waals surface area contributed by atoms with Crippen LogP contribution in [0.4, 0.5) is 0 Å². The van der Waals surface area contributed by atoms with E-state index in [0.717, 1.165) is 31.2 Å². The summed E-state index contributed by atoms with van der Waals surface area (Å²) in [6.07, 6.45) is 11.7. The molecule has 50 heavy (non-hydrogen) atoms. The van der Waals surface area contributed by atoms with Crippen LogP contribution < -0.4 is 5.46 Å². The van der Waals surface area contributed by atoms with Crippen molar-refractivity contribution in [1.29, 1.82) is 0 Å². The molecule has 0 atom stereocenters.